The van der Waals surface area contributed by atoms with Crippen molar-refractivity contribution in [3.63, 3.8) is 0 Å². The Balaban J connectivity index is 1.89. The fraction of sp³-hybridized carbons (Fsp3) is 0.304. The van der Waals surface area contributed by atoms with Crippen LogP contribution in [0.3, 0.4) is 0 Å². The third kappa shape index (κ3) is 4.55. The van der Waals surface area contributed by atoms with Gasteiger partial charge in [0.1, 0.15) is 12.0 Å². The molecule has 142 valence electrons. The normalized spacial score (nSPS) is 12.3. The summed E-state index contributed by atoms with van der Waals surface area (Å²) in [5, 5.41) is 2.68. The summed E-state index contributed by atoms with van der Waals surface area (Å²) >= 11 is 2.28. The lowest BCUT2D eigenvalue weighted by atomic mass is 10.2. The zero-order valence-electron chi connectivity index (χ0n) is 16.2. The summed E-state index contributed by atoms with van der Waals surface area (Å²) in [4.78, 5) is 0. The highest BCUT2D eigenvalue weighted by Gasteiger charge is 2.49. The van der Waals surface area contributed by atoms with Gasteiger partial charge >= 0.3 is 0 Å². The highest BCUT2D eigenvalue weighted by molar-refractivity contribution is 14.1. The van der Waals surface area contributed by atoms with E-state index >= 15 is 0 Å². The number of rotatable bonds is 7. The fourth-order valence-electron chi connectivity index (χ4n) is 3.72. The molecule has 27 heavy (non-hydrogen) atoms. The van der Waals surface area contributed by atoms with E-state index in [0.29, 0.717) is 0 Å². The van der Waals surface area contributed by atoms with Gasteiger partial charge in [0.15, 0.2) is 0 Å². The lowest BCUT2D eigenvalue weighted by Crippen LogP contribution is -2.66. The maximum Gasteiger partial charge on any atom is 0.261 e. The van der Waals surface area contributed by atoms with Crippen LogP contribution in [0.1, 0.15) is 33.0 Å². The van der Waals surface area contributed by atoms with Crippen molar-refractivity contribution in [2.24, 2.45) is 0 Å². The van der Waals surface area contributed by atoms with Gasteiger partial charge in [0, 0.05) is 13.0 Å². The van der Waals surface area contributed by atoms with Crippen LogP contribution in [-0.2, 0) is 10.8 Å². The largest absolute Gasteiger partial charge is 0.468 e. The van der Waals surface area contributed by atoms with Crippen LogP contribution < -0.4 is 10.4 Å². The molecule has 3 rings (SSSR count). The predicted octanol–water partition coefficient (Wildman–Crippen LogP) is 5.39. The molecular weight excluding hydrogens is 463 g/mol. The van der Waals surface area contributed by atoms with Gasteiger partial charge in [0.05, 0.1) is 3.57 Å². The lowest BCUT2D eigenvalue weighted by Gasteiger charge is -2.43. The number of benzene rings is 2. The number of halogens is 1. The first-order valence-electron chi connectivity index (χ1n) is 9.41. The Morgan fingerprint density at radius 2 is 1.48 bits per heavy atom. The van der Waals surface area contributed by atoms with Gasteiger partial charge in [-0.25, -0.2) is 0 Å². The van der Waals surface area contributed by atoms with Crippen LogP contribution in [0.5, 0.6) is 0 Å². The fourth-order valence-corrected chi connectivity index (χ4v) is 8.80. The van der Waals surface area contributed by atoms with Crippen molar-refractivity contribution in [3.8, 4) is 0 Å². The average molecular weight is 490 g/mol. The molecule has 0 fully saturated rings. The van der Waals surface area contributed by atoms with Crippen LogP contribution in [0.4, 0.5) is 0 Å². The molecule has 0 bridgehead atoms. The van der Waals surface area contributed by atoms with Crippen molar-refractivity contribution in [1.82, 2.24) is 0 Å². The molecule has 0 saturated carbocycles. The molecule has 0 unspecified atom stereocenters. The molecule has 0 saturated heterocycles. The monoisotopic (exact) mass is 490 g/mol. The predicted molar refractivity (Wildman–Crippen MR) is 123 cm³/mol. The van der Waals surface area contributed by atoms with Crippen molar-refractivity contribution < 1.29 is 8.84 Å². The smallest absolute Gasteiger partial charge is 0.261 e. The average Bonchev–Trinajstić information content (AvgIpc) is 3.07. The number of aryl methyl sites for hydroxylation is 1. The summed E-state index contributed by atoms with van der Waals surface area (Å²) in [6.07, 6.45) is 3.66. The van der Waals surface area contributed by atoms with Crippen LogP contribution in [0.2, 0.25) is 5.04 Å². The Hall–Kier alpha value is -1.37. The highest BCUT2D eigenvalue weighted by Crippen LogP contribution is 2.36. The van der Waals surface area contributed by atoms with E-state index in [4.69, 9.17) is 8.84 Å². The molecule has 4 heteroatoms. The first-order valence-corrected chi connectivity index (χ1v) is 12.4. The molecular formula is C23H27IO2Si. The topological polar surface area (TPSA) is 22.4 Å². The molecule has 2 aromatic carbocycles. The van der Waals surface area contributed by atoms with E-state index < -0.39 is 8.32 Å². The number of hydrogen-bond acceptors (Lipinski definition) is 2. The molecule has 0 aliphatic rings. The first kappa shape index (κ1) is 20.4. The van der Waals surface area contributed by atoms with Crippen LogP contribution in [0, 0.1) is 3.57 Å². The Labute approximate surface area is 177 Å². The van der Waals surface area contributed by atoms with Crippen molar-refractivity contribution in [2.45, 2.75) is 38.7 Å². The lowest BCUT2D eigenvalue weighted by molar-refractivity contribution is 0.288. The van der Waals surface area contributed by atoms with Gasteiger partial charge in [-0.05, 0) is 50.5 Å². The molecule has 0 spiro atoms. The van der Waals surface area contributed by atoms with Gasteiger partial charge in [-0.15, -0.1) is 0 Å². The van der Waals surface area contributed by atoms with Gasteiger partial charge in [0.25, 0.3) is 8.32 Å². The van der Waals surface area contributed by atoms with E-state index in [9.17, 15) is 0 Å². The summed E-state index contributed by atoms with van der Waals surface area (Å²) in [6, 6.07) is 23.7. The Kier molecular flexibility index (Phi) is 6.60. The molecule has 0 atom stereocenters. The zero-order chi connectivity index (χ0) is 19.3. The Morgan fingerprint density at radius 3 is 1.93 bits per heavy atom. The standard InChI is InChI=1S/C23H27IO2Si/c1-23(2,3)27(21-12-6-4-7-13-21,22-14-8-5-9-15-22)26-16-10-11-20-17-19(24)18-25-20/h4-9,12-15,17-18H,10-11,16H2,1-3H3. The summed E-state index contributed by atoms with van der Waals surface area (Å²) in [5.74, 6) is 1.03. The quantitative estimate of drug-likeness (QED) is 0.252. The molecule has 0 aliphatic carbocycles. The van der Waals surface area contributed by atoms with E-state index in [0.717, 1.165) is 28.8 Å². The molecule has 3 aromatic rings. The molecule has 0 N–H and O–H groups in total. The third-order valence-electron chi connectivity index (χ3n) is 4.92. The van der Waals surface area contributed by atoms with Crippen LogP contribution in [-0.4, -0.2) is 14.9 Å². The zero-order valence-corrected chi connectivity index (χ0v) is 19.4. The number of hydrogen-bond donors (Lipinski definition) is 0. The van der Waals surface area contributed by atoms with Crippen molar-refractivity contribution >= 4 is 41.3 Å². The van der Waals surface area contributed by atoms with Gasteiger partial charge in [-0.1, -0.05) is 81.4 Å². The van der Waals surface area contributed by atoms with Crippen molar-refractivity contribution in [3.05, 3.63) is 82.3 Å². The highest BCUT2D eigenvalue weighted by atomic mass is 127. The van der Waals surface area contributed by atoms with Gasteiger partial charge < -0.3 is 8.84 Å². The minimum absolute atomic E-state index is 0.0236. The van der Waals surface area contributed by atoms with E-state index in [1.165, 1.54) is 10.4 Å². The van der Waals surface area contributed by atoms with Crippen LogP contribution in [0.25, 0.3) is 0 Å². The molecule has 1 aromatic heterocycles. The second kappa shape index (κ2) is 8.75. The summed E-state index contributed by atoms with van der Waals surface area (Å²) < 4.78 is 13.6. The number of furan rings is 1. The summed E-state index contributed by atoms with van der Waals surface area (Å²) in [5.41, 5.74) is 0. The van der Waals surface area contributed by atoms with Gasteiger partial charge in [-0.2, -0.15) is 0 Å². The van der Waals surface area contributed by atoms with E-state index in [2.05, 4.69) is 110 Å². The van der Waals surface area contributed by atoms with Crippen molar-refractivity contribution in [2.75, 3.05) is 6.61 Å². The molecule has 0 amide bonds. The SMILES string of the molecule is CC(C)(C)[Si](OCCCc1cc(I)co1)(c1ccccc1)c1ccccc1. The third-order valence-corrected chi connectivity index (χ3v) is 10.5. The van der Waals surface area contributed by atoms with E-state index in [1.807, 2.05) is 0 Å². The summed E-state index contributed by atoms with van der Waals surface area (Å²) in [7, 11) is -2.41. The minimum atomic E-state index is -2.41. The molecule has 0 aliphatic heterocycles. The first-order chi connectivity index (χ1) is 12.9. The van der Waals surface area contributed by atoms with E-state index in [1.54, 1.807) is 6.26 Å². The van der Waals surface area contributed by atoms with Crippen molar-refractivity contribution in [1.29, 1.82) is 0 Å². The Morgan fingerprint density at radius 1 is 0.926 bits per heavy atom. The minimum Gasteiger partial charge on any atom is -0.468 e. The van der Waals surface area contributed by atoms with Gasteiger partial charge in [0.2, 0.25) is 0 Å². The second-order valence-electron chi connectivity index (χ2n) is 7.85. The molecule has 1 heterocycles. The maximum absolute atomic E-state index is 6.89. The Bertz CT molecular complexity index is 798. The van der Waals surface area contributed by atoms with Gasteiger partial charge in [-0.3, -0.25) is 0 Å². The van der Waals surface area contributed by atoms with Crippen LogP contribution >= 0.6 is 22.6 Å². The van der Waals surface area contributed by atoms with E-state index in [-0.39, 0.29) is 5.04 Å². The molecule has 0 radical (unpaired) electrons. The van der Waals surface area contributed by atoms with Crippen LogP contribution in [0.15, 0.2) is 77.4 Å². The maximum atomic E-state index is 6.89. The summed E-state index contributed by atoms with van der Waals surface area (Å²) in [6.45, 7) is 7.67. The molecule has 2 nitrogen and oxygen atoms in total. The second-order valence-corrected chi connectivity index (χ2v) is 13.4.